The number of nitrogens with one attached hydrogen (secondary N) is 3. The molecule has 2 aromatic heterocycles. The summed E-state index contributed by atoms with van der Waals surface area (Å²) in [7, 11) is 1.30. The molecule has 2 heterocycles. The van der Waals surface area contributed by atoms with E-state index in [1.807, 2.05) is 30.3 Å². The van der Waals surface area contributed by atoms with Crippen molar-refractivity contribution < 1.29 is 9.53 Å². The minimum atomic E-state index is -0.491. The van der Waals surface area contributed by atoms with Gasteiger partial charge < -0.3 is 10.1 Å². The SMILES string of the molecule is COC(=O)c1cc(-c2cccc(NC=C(C#N)c3nn[nH]n3)c2)n[nH]1. The third kappa shape index (κ3) is 3.50. The number of esters is 1. The van der Waals surface area contributed by atoms with E-state index in [4.69, 9.17) is 5.26 Å². The molecule has 0 spiro atoms. The molecule has 0 unspecified atom stereocenters. The van der Waals surface area contributed by atoms with Gasteiger partial charge in [0.2, 0.25) is 5.82 Å². The summed E-state index contributed by atoms with van der Waals surface area (Å²) in [5.74, 6) is -0.295. The van der Waals surface area contributed by atoms with Crippen LogP contribution in [0.25, 0.3) is 16.8 Å². The lowest BCUT2D eigenvalue weighted by Gasteiger charge is -2.03. The number of nitrogens with zero attached hydrogens (tertiary/aromatic N) is 5. The molecule has 0 saturated carbocycles. The van der Waals surface area contributed by atoms with Crippen LogP contribution >= 0.6 is 0 Å². The van der Waals surface area contributed by atoms with Gasteiger partial charge in [-0.3, -0.25) is 5.10 Å². The first-order valence-corrected chi connectivity index (χ1v) is 7.06. The molecule has 0 fully saturated rings. The first kappa shape index (κ1) is 15.9. The largest absolute Gasteiger partial charge is 0.464 e. The zero-order valence-corrected chi connectivity index (χ0v) is 13.0. The fourth-order valence-corrected chi connectivity index (χ4v) is 2.03. The fraction of sp³-hybridized carbons (Fsp3) is 0.0667. The Morgan fingerprint density at radius 1 is 1.36 bits per heavy atom. The van der Waals surface area contributed by atoms with Crippen molar-refractivity contribution in [2.75, 3.05) is 12.4 Å². The van der Waals surface area contributed by atoms with E-state index in [1.54, 1.807) is 6.07 Å². The van der Waals surface area contributed by atoms with Crippen molar-refractivity contribution in [1.82, 2.24) is 30.8 Å². The van der Waals surface area contributed by atoms with E-state index < -0.39 is 5.97 Å². The topological polar surface area (TPSA) is 145 Å². The molecule has 0 radical (unpaired) electrons. The maximum atomic E-state index is 11.5. The Morgan fingerprint density at radius 2 is 2.24 bits per heavy atom. The first-order valence-electron chi connectivity index (χ1n) is 7.06. The first-order chi connectivity index (χ1) is 12.2. The van der Waals surface area contributed by atoms with E-state index in [0.717, 1.165) is 11.3 Å². The van der Waals surface area contributed by atoms with Crippen molar-refractivity contribution in [3.05, 3.63) is 48.1 Å². The molecule has 1 aromatic carbocycles. The number of anilines is 1. The monoisotopic (exact) mass is 336 g/mol. The summed E-state index contributed by atoms with van der Waals surface area (Å²) in [6.07, 6.45) is 1.48. The third-order valence-corrected chi connectivity index (χ3v) is 3.23. The number of ether oxygens (including phenoxy) is 1. The molecule has 0 saturated heterocycles. The van der Waals surface area contributed by atoms with E-state index >= 15 is 0 Å². The predicted molar refractivity (Wildman–Crippen MR) is 86.8 cm³/mol. The van der Waals surface area contributed by atoms with Crippen LogP contribution in [0.3, 0.4) is 0 Å². The van der Waals surface area contributed by atoms with E-state index in [-0.39, 0.29) is 17.1 Å². The predicted octanol–water partition coefficient (Wildman–Crippen LogP) is 1.35. The number of aromatic amines is 2. The number of carbonyl (C=O) groups is 1. The van der Waals surface area contributed by atoms with Gasteiger partial charge in [-0.05, 0) is 23.4 Å². The van der Waals surface area contributed by atoms with Crippen LogP contribution in [0.15, 0.2) is 36.5 Å². The minimum Gasteiger partial charge on any atom is -0.464 e. The molecule has 25 heavy (non-hydrogen) atoms. The summed E-state index contributed by atoms with van der Waals surface area (Å²) >= 11 is 0. The number of aromatic nitrogens is 6. The maximum absolute atomic E-state index is 11.5. The van der Waals surface area contributed by atoms with Crippen LogP contribution in [0.5, 0.6) is 0 Å². The maximum Gasteiger partial charge on any atom is 0.356 e. The molecule has 3 N–H and O–H groups in total. The second-order valence-corrected chi connectivity index (χ2v) is 4.79. The van der Waals surface area contributed by atoms with Crippen LogP contribution in [-0.2, 0) is 4.74 Å². The molecule has 3 aromatic rings. The standard InChI is InChI=1S/C15H12N8O2/c1-25-15(24)13-6-12(18-19-13)9-3-2-4-11(5-9)17-8-10(7-16)14-20-22-23-21-14/h2-6,8,17H,1H3,(H,18,19)(H,20,21,22,23). The normalized spacial score (nSPS) is 11.0. The van der Waals surface area contributed by atoms with Crippen LogP contribution in [0, 0.1) is 11.3 Å². The molecule has 0 aliphatic carbocycles. The molecule has 124 valence electrons. The highest BCUT2D eigenvalue weighted by Crippen LogP contribution is 2.22. The average molecular weight is 336 g/mol. The molecule has 3 rings (SSSR count). The number of benzene rings is 1. The summed E-state index contributed by atoms with van der Waals surface area (Å²) in [6, 6.07) is 10.9. The van der Waals surface area contributed by atoms with E-state index in [0.29, 0.717) is 5.69 Å². The Hall–Kier alpha value is -4.00. The summed E-state index contributed by atoms with van der Waals surface area (Å²) in [5, 5.41) is 32.1. The van der Waals surface area contributed by atoms with Gasteiger partial charge in [-0.2, -0.15) is 15.6 Å². The van der Waals surface area contributed by atoms with Gasteiger partial charge in [0.15, 0.2) is 0 Å². The van der Waals surface area contributed by atoms with E-state index in [2.05, 4.69) is 40.9 Å². The lowest BCUT2D eigenvalue weighted by molar-refractivity contribution is 0.0594. The lowest BCUT2D eigenvalue weighted by Crippen LogP contribution is -2.00. The number of nitriles is 1. The van der Waals surface area contributed by atoms with Crippen LogP contribution in [0.1, 0.15) is 16.3 Å². The van der Waals surface area contributed by atoms with Crippen LogP contribution in [0.2, 0.25) is 0 Å². The lowest BCUT2D eigenvalue weighted by atomic mass is 10.1. The Balaban J connectivity index is 1.81. The van der Waals surface area contributed by atoms with Gasteiger partial charge in [-0.1, -0.05) is 12.1 Å². The van der Waals surface area contributed by atoms with Gasteiger partial charge in [0, 0.05) is 17.5 Å². The fourth-order valence-electron chi connectivity index (χ4n) is 2.03. The van der Waals surface area contributed by atoms with Crippen LogP contribution in [-0.4, -0.2) is 43.9 Å². The number of allylic oxidation sites excluding steroid dienone is 1. The highest BCUT2D eigenvalue weighted by atomic mass is 16.5. The molecule has 0 aliphatic rings. The molecular formula is C15H12N8O2. The van der Waals surface area contributed by atoms with E-state index in [9.17, 15) is 4.79 Å². The quantitative estimate of drug-likeness (QED) is 0.467. The van der Waals surface area contributed by atoms with E-state index in [1.165, 1.54) is 13.3 Å². The Labute approximate surface area is 141 Å². The number of H-pyrrole nitrogens is 2. The van der Waals surface area contributed by atoms with Gasteiger partial charge in [0.05, 0.1) is 12.8 Å². The van der Waals surface area contributed by atoms with Gasteiger partial charge >= 0.3 is 5.97 Å². The van der Waals surface area contributed by atoms with Crippen molar-refractivity contribution in [3.8, 4) is 17.3 Å². The molecule has 0 bridgehead atoms. The van der Waals surface area contributed by atoms with Gasteiger partial charge in [-0.15, -0.1) is 10.2 Å². The molecule has 10 nitrogen and oxygen atoms in total. The van der Waals surface area contributed by atoms with Crippen molar-refractivity contribution in [2.45, 2.75) is 0 Å². The second-order valence-electron chi connectivity index (χ2n) is 4.79. The van der Waals surface area contributed by atoms with Gasteiger partial charge in [-0.25, -0.2) is 4.79 Å². The Kier molecular flexibility index (Phi) is 4.48. The van der Waals surface area contributed by atoms with Gasteiger partial charge in [0.25, 0.3) is 0 Å². The molecular weight excluding hydrogens is 324 g/mol. The average Bonchev–Trinajstić information content (AvgIpc) is 3.34. The number of tetrazole rings is 1. The van der Waals surface area contributed by atoms with Crippen LogP contribution < -0.4 is 5.32 Å². The highest BCUT2D eigenvalue weighted by Gasteiger charge is 2.11. The Morgan fingerprint density at radius 3 is 2.96 bits per heavy atom. The van der Waals surface area contributed by atoms with Gasteiger partial charge in [0.1, 0.15) is 17.3 Å². The third-order valence-electron chi connectivity index (χ3n) is 3.23. The molecule has 10 heteroatoms. The summed E-state index contributed by atoms with van der Waals surface area (Å²) in [4.78, 5) is 11.5. The second kappa shape index (κ2) is 7.05. The van der Waals surface area contributed by atoms with Crippen molar-refractivity contribution in [3.63, 3.8) is 0 Å². The highest BCUT2D eigenvalue weighted by molar-refractivity contribution is 5.88. The number of hydrogen-bond donors (Lipinski definition) is 3. The summed E-state index contributed by atoms with van der Waals surface area (Å²) in [6.45, 7) is 0. The summed E-state index contributed by atoms with van der Waals surface area (Å²) < 4.78 is 4.64. The zero-order valence-electron chi connectivity index (χ0n) is 13.0. The number of carbonyl (C=O) groups excluding carboxylic acids is 1. The van der Waals surface area contributed by atoms with Crippen molar-refractivity contribution >= 4 is 17.2 Å². The molecule has 0 atom stereocenters. The van der Waals surface area contributed by atoms with Crippen molar-refractivity contribution in [1.29, 1.82) is 5.26 Å². The number of rotatable bonds is 5. The molecule has 0 aliphatic heterocycles. The summed E-state index contributed by atoms with van der Waals surface area (Å²) in [5.41, 5.74) is 2.58. The molecule has 0 amide bonds. The number of hydrogen-bond acceptors (Lipinski definition) is 8. The Bertz CT molecular complexity index is 952. The minimum absolute atomic E-state index is 0.196. The zero-order chi connectivity index (χ0) is 17.6. The van der Waals surface area contributed by atoms with Crippen LogP contribution in [0.4, 0.5) is 5.69 Å². The number of methoxy groups -OCH3 is 1. The van der Waals surface area contributed by atoms with Crippen molar-refractivity contribution in [2.24, 2.45) is 0 Å². The smallest absolute Gasteiger partial charge is 0.356 e.